The minimum absolute atomic E-state index is 0.111. The molecule has 2 aromatic heterocycles. The Balaban J connectivity index is 1.64. The highest BCUT2D eigenvalue weighted by Crippen LogP contribution is 2.38. The average Bonchev–Trinajstić information content (AvgIpc) is 3.44. The lowest BCUT2D eigenvalue weighted by molar-refractivity contribution is 0.0186. The Morgan fingerprint density at radius 1 is 1.00 bits per heavy atom. The summed E-state index contributed by atoms with van der Waals surface area (Å²) in [5, 5.41) is 0. The SMILES string of the molecule is Cc1c(C(=O)OC(C)C)cc2cc(-c3ccc4c(c3)OCO4)cn2c1C(C)N1CCOCC1. The summed E-state index contributed by atoms with van der Waals surface area (Å²) in [4.78, 5) is 15.4. The number of benzene rings is 1. The summed E-state index contributed by atoms with van der Waals surface area (Å²) in [6.45, 7) is 11.4. The van der Waals surface area contributed by atoms with E-state index in [-0.39, 0.29) is 24.9 Å². The lowest BCUT2D eigenvalue weighted by atomic mass is 10.0. The van der Waals surface area contributed by atoms with Crippen molar-refractivity contribution in [3.05, 3.63) is 53.3 Å². The monoisotopic (exact) mass is 450 g/mol. The van der Waals surface area contributed by atoms with Crippen LogP contribution in [0, 0.1) is 6.92 Å². The molecule has 1 saturated heterocycles. The molecule has 3 aromatic rings. The second-order valence-corrected chi connectivity index (χ2v) is 8.94. The Hall–Kier alpha value is -3.03. The van der Waals surface area contributed by atoms with Crippen LogP contribution in [0.5, 0.6) is 11.5 Å². The summed E-state index contributed by atoms with van der Waals surface area (Å²) >= 11 is 0. The zero-order valence-corrected chi connectivity index (χ0v) is 19.6. The summed E-state index contributed by atoms with van der Waals surface area (Å²) < 4.78 is 24.4. The van der Waals surface area contributed by atoms with Crippen molar-refractivity contribution in [3.8, 4) is 22.6 Å². The van der Waals surface area contributed by atoms with E-state index in [2.05, 4.69) is 28.5 Å². The molecule has 7 nitrogen and oxygen atoms in total. The van der Waals surface area contributed by atoms with Crippen molar-refractivity contribution in [1.82, 2.24) is 9.30 Å². The lowest BCUT2D eigenvalue weighted by Crippen LogP contribution is -2.39. The van der Waals surface area contributed by atoms with Crippen LogP contribution in [-0.2, 0) is 9.47 Å². The molecular weight excluding hydrogens is 420 g/mol. The summed E-state index contributed by atoms with van der Waals surface area (Å²) in [5.74, 6) is 1.23. The van der Waals surface area contributed by atoms with Crippen molar-refractivity contribution >= 4 is 11.5 Å². The van der Waals surface area contributed by atoms with E-state index >= 15 is 0 Å². The van der Waals surface area contributed by atoms with Crippen molar-refractivity contribution in [2.45, 2.75) is 39.8 Å². The van der Waals surface area contributed by atoms with Crippen molar-refractivity contribution in [3.63, 3.8) is 0 Å². The highest BCUT2D eigenvalue weighted by molar-refractivity contribution is 5.93. The van der Waals surface area contributed by atoms with Crippen LogP contribution in [0.1, 0.15) is 48.4 Å². The maximum absolute atomic E-state index is 13.0. The normalized spacial score (nSPS) is 17.0. The third-order valence-electron chi connectivity index (χ3n) is 6.45. The maximum atomic E-state index is 13.0. The maximum Gasteiger partial charge on any atom is 0.338 e. The van der Waals surface area contributed by atoms with Gasteiger partial charge in [0.25, 0.3) is 0 Å². The van der Waals surface area contributed by atoms with E-state index in [0.717, 1.165) is 65.7 Å². The van der Waals surface area contributed by atoms with Crippen LogP contribution in [0.4, 0.5) is 0 Å². The molecule has 0 saturated carbocycles. The fourth-order valence-electron chi connectivity index (χ4n) is 4.75. The van der Waals surface area contributed by atoms with E-state index in [0.29, 0.717) is 5.56 Å². The summed E-state index contributed by atoms with van der Waals surface area (Å²) in [7, 11) is 0. The highest BCUT2D eigenvalue weighted by Gasteiger charge is 2.26. The van der Waals surface area contributed by atoms with Gasteiger partial charge in [-0.1, -0.05) is 6.07 Å². The Kier molecular flexibility index (Phi) is 5.76. The molecular formula is C26H30N2O5. The average molecular weight is 451 g/mol. The van der Waals surface area contributed by atoms with Crippen molar-refractivity contribution in [2.75, 3.05) is 33.1 Å². The van der Waals surface area contributed by atoms with E-state index in [1.165, 1.54) is 0 Å². The van der Waals surface area contributed by atoms with Gasteiger partial charge in [-0.2, -0.15) is 0 Å². The molecule has 0 N–H and O–H groups in total. The standard InChI is InChI=1S/C26H30N2O5/c1-16(2)33-26(29)22-13-21-11-20(19-5-6-23-24(12-19)32-15-31-23)14-28(21)25(17(22)3)18(4)27-7-9-30-10-8-27/h5-6,11-14,16,18H,7-10,15H2,1-4H3. The molecule has 0 radical (unpaired) electrons. The first-order chi connectivity index (χ1) is 15.9. The number of aromatic nitrogens is 1. The number of nitrogens with zero attached hydrogens (tertiary/aromatic N) is 2. The number of esters is 1. The van der Waals surface area contributed by atoms with Gasteiger partial charge in [-0.05, 0) is 63.1 Å². The number of carbonyl (C=O) groups is 1. The Morgan fingerprint density at radius 3 is 2.52 bits per heavy atom. The second-order valence-electron chi connectivity index (χ2n) is 8.94. The number of hydrogen-bond acceptors (Lipinski definition) is 6. The molecule has 5 rings (SSSR count). The Labute approximate surface area is 193 Å². The zero-order chi connectivity index (χ0) is 23.1. The minimum atomic E-state index is -0.286. The number of ether oxygens (including phenoxy) is 4. The summed E-state index contributed by atoms with van der Waals surface area (Å²) in [6, 6.07) is 10.1. The van der Waals surface area contributed by atoms with E-state index in [4.69, 9.17) is 18.9 Å². The van der Waals surface area contributed by atoms with Gasteiger partial charge in [-0.15, -0.1) is 0 Å². The third kappa shape index (κ3) is 4.07. The van der Waals surface area contributed by atoms with Gasteiger partial charge in [0, 0.05) is 42.1 Å². The molecule has 2 aliphatic heterocycles. The molecule has 4 heterocycles. The number of fused-ring (bicyclic) bond motifs is 2. The molecule has 1 atom stereocenters. The van der Waals surface area contributed by atoms with Crippen molar-refractivity contribution < 1.29 is 23.7 Å². The first-order valence-corrected chi connectivity index (χ1v) is 11.5. The number of rotatable bonds is 5. The topological polar surface area (TPSA) is 61.6 Å². The third-order valence-corrected chi connectivity index (χ3v) is 6.45. The van der Waals surface area contributed by atoms with E-state index < -0.39 is 0 Å². The van der Waals surface area contributed by atoms with Gasteiger partial charge in [0.15, 0.2) is 11.5 Å². The predicted octanol–water partition coefficient (Wildman–Crippen LogP) is 4.60. The summed E-state index contributed by atoms with van der Waals surface area (Å²) in [6.07, 6.45) is 1.97. The number of pyridine rings is 1. The molecule has 1 fully saturated rings. The summed E-state index contributed by atoms with van der Waals surface area (Å²) in [5.41, 5.74) is 5.70. The van der Waals surface area contributed by atoms with E-state index in [9.17, 15) is 4.79 Å². The molecule has 7 heteroatoms. The van der Waals surface area contributed by atoms with Gasteiger partial charge in [-0.25, -0.2) is 4.79 Å². The second kappa shape index (κ2) is 8.72. The number of carbonyl (C=O) groups excluding carboxylic acids is 1. The quantitative estimate of drug-likeness (QED) is 0.530. The molecule has 174 valence electrons. The van der Waals surface area contributed by atoms with Crippen LogP contribution in [-0.4, -0.2) is 54.5 Å². The van der Waals surface area contributed by atoms with Gasteiger partial charge in [0.1, 0.15) is 0 Å². The molecule has 1 unspecified atom stereocenters. The molecule has 0 bridgehead atoms. The van der Waals surface area contributed by atoms with E-state index in [1.807, 2.05) is 45.0 Å². The zero-order valence-electron chi connectivity index (χ0n) is 19.6. The fourth-order valence-corrected chi connectivity index (χ4v) is 4.75. The van der Waals surface area contributed by atoms with Gasteiger partial charge in [-0.3, -0.25) is 4.90 Å². The predicted molar refractivity (Wildman–Crippen MR) is 125 cm³/mol. The molecule has 0 amide bonds. The Morgan fingerprint density at radius 2 is 1.76 bits per heavy atom. The van der Waals surface area contributed by atoms with Gasteiger partial charge in [0.05, 0.1) is 24.9 Å². The Bertz CT molecular complexity index is 1190. The minimum Gasteiger partial charge on any atom is -0.459 e. The number of hydrogen-bond donors (Lipinski definition) is 0. The molecule has 0 aliphatic carbocycles. The van der Waals surface area contributed by atoms with Gasteiger partial charge < -0.3 is 23.3 Å². The van der Waals surface area contributed by atoms with Crippen molar-refractivity contribution in [1.29, 1.82) is 0 Å². The van der Waals surface area contributed by atoms with Crippen LogP contribution in [0.2, 0.25) is 0 Å². The molecule has 0 spiro atoms. The smallest absolute Gasteiger partial charge is 0.338 e. The van der Waals surface area contributed by atoms with Crippen LogP contribution in [0.15, 0.2) is 36.5 Å². The first kappa shape index (κ1) is 21.8. The molecule has 1 aromatic carbocycles. The van der Waals surface area contributed by atoms with Crippen LogP contribution < -0.4 is 9.47 Å². The highest BCUT2D eigenvalue weighted by atomic mass is 16.7. The van der Waals surface area contributed by atoms with Crippen LogP contribution >= 0.6 is 0 Å². The van der Waals surface area contributed by atoms with Gasteiger partial charge in [0.2, 0.25) is 6.79 Å². The van der Waals surface area contributed by atoms with Crippen LogP contribution in [0.3, 0.4) is 0 Å². The largest absolute Gasteiger partial charge is 0.459 e. The lowest BCUT2D eigenvalue weighted by Gasteiger charge is -2.34. The van der Waals surface area contributed by atoms with Crippen molar-refractivity contribution in [2.24, 2.45) is 0 Å². The van der Waals surface area contributed by atoms with Crippen LogP contribution in [0.25, 0.3) is 16.6 Å². The van der Waals surface area contributed by atoms with E-state index in [1.54, 1.807) is 0 Å². The van der Waals surface area contributed by atoms with Gasteiger partial charge >= 0.3 is 5.97 Å². The molecule has 2 aliphatic rings. The fraction of sp³-hybridized carbons (Fsp3) is 0.423. The first-order valence-electron chi connectivity index (χ1n) is 11.5. The molecule has 33 heavy (non-hydrogen) atoms. The number of morpholine rings is 1.